The SMILES string of the molecule is CCNCc1cccc(NC(=O)c2n[nH]c3ccc(-c4cncc5ccccc45)cc23)c1.Cl.Cl. The molecule has 0 aliphatic heterocycles. The van der Waals surface area contributed by atoms with Gasteiger partial charge in [-0.1, -0.05) is 49.4 Å². The van der Waals surface area contributed by atoms with Crippen LogP contribution < -0.4 is 10.6 Å². The van der Waals surface area contributed by atoms with E-state index in [-0.39, 0.29) is 30.7 Å². The summed E-state index contributed by atoms with van der Waals surface area (Å²) in [5.41, 5.74) is 5.05. The number of rotatable bonds is 6. The molecule has 0 fully saturated rings. The number of hydrogen-bond donors (Lipinski definition) is 3. The summed E-state index contributed by atoms with van der Waals surface area (Å²) < 4.78 is 0. The lowest BCUT2D eigenvalue weighted by Crippen LogP contribution is -2.14. The molecule has 174 valence electrons. The fourth-order valence-corrected chi connectivity index (χ4v) is 3.92. The Labute approximate surface area is 210 Å². The van der Waals surface area contributed by atoms with Crippen molar-refractivity contribution in [1.82, 2.24) is 20.5 Å². The van der Waals surface area contributed by atoms with E-state index in [9.17, 15) is 4.79 Å². The molecule has 8 heteroatoms. The maximum absolute atomic E-state index is 13.1. The Balaban J connectivity index is 0.00000162. The molecule has 0 aliphatic rings. The number of hydrogen-bond acceptors (Lipinski definition) is 4. The monoisotopic (exact) mass is 493 g/mol. The summed E-state index contributed by atoms with van der Waals surface area (Å²) >= 11 is 0. The summed E-state index contributed by atoms with van der Waals surface area (Å²) in [5.74, 6) is -0.245. The molecule has 2 aromatic heterocycles. The lowest BCUT2D eigenvalue weighted by Gasteiger charge is -2.08. The number of carbonyl (C=O) groups excluding carboxylic acids is 1. The van der Waals surface area contributed by atoms with Crippen molar-refractivity contribution in [3.63, 3.8) is 0 Å². The number of anilines is 1. The largest absolute Gasteiger partial charge is 0.321 e. The molecule has 3 N–H and O–H groups in total. The number of fused-ring (bicyclic) bond motifs is 2. The van der Waals surface area contributed by atoms with E-state index in [0.29, 0.717) is 5.69 Å². The van der Waals surface area contributed by atoms with Gasteiger partial charge >= 0.3 is 0 Å². The highest BCUT2D eigenvalue weighted by molar-refractivity contribution is 6.12. The Morgan fingerprint density at radius 3 is 2.65 bits per heavy atom. The Kier molecular flexibility index (Phi) is 8.23. The van der Waals surface area contributed by atoms with E-state index in [1.54, 1.807) is 0 Å². The molecular weight excluding hydrogens is 469 g/mol. The van der Waals surface area contributed by atoms with E-state index in [2.05, 4.69) is 38.8 Å². The number of nitrogens with zero attached hydrogens (tertiary/aromatic N) is 2. The van der Waals surface area contributed by atoms with Gasteiger partial charge in [0.15, 0.2) is 5.69 Å². The van der Waals surface area contributed by atoms with E-state index in [4.69, 9.17) is 0 Å². The molecule has 0 saturated carbocycles. The minimum atomic E-state index is -0.245. The molecule has 3 aromatic carbocycles. The van der Waals surface area contributed by atoms with Crippen LogP contribution in [0.25, 0.3) is 32.8 Å². The normalized spacial score (nSPS) is 10.5. The van der Waals surface area contributed by atoms with E-state index in [1.807, 2.05) is 73.1 Å². The number of aromatic amines is 1. The van der Waals surface area contributed by atoms with E-state index in [0.717, 1.165) is 57.1 Å². The summed E-state index contributed by atoms with van der Waals surface area (Å²) in [5, 5.41) is 16.5. The zero-order chi connectivity index (χ0) is 21.9. The third-order valence-corrected chi connectivity index (χ3v) is 5.52. The first-order valence-electron chi connectivity index (χ1n) is 10.6. The molecule has 1 amide bonds. The maximum Gasteiger partial charge on any atom is 0.276 e. The van der Waals surface area contributed by atoms with Crippen molar-refractivity contribution >= 4 is 58.1 Å². The fourth-order valence-electron chi connectivity index (χ4n) is 3.92. The molecular formula is C26H25Cl2N5O. The summed E-state index contributed by atoms with van der Waals surface area (Å²) in [4.78, 5) is 17.4. The topological polar surface area (TPSA) is 82.7 Å². The quantitative estimate of drug-likeness (QED) is 0.271. The second kappa shape index (κ2) is 11.1. The van der Waals surface area contributed by atoms with Gasteiger partial charge in [-0.3, -0.25) is 14.9 Å². The standard InChI is InChI=1S/C26H23N5O.2ClH/c1-2-27-14-17-6-5-8-20(12-17)29-26(32)25-22-13-18(10-11-24(22)30-31-25)23-16-28-15-19-7-3-4-9-21(19)23;;/h3-13,15-16,27H,2,14H2,1H3,(H,29,32)(H,30,31);2*1H. The van der Waals surface area contributed by atoms with Crippen LogP contribution in [0.3, 0.4) is 0 Å². The van der Waals surface area contributed by atoms with Crippen LogP contribution in [-0.4, -0.2) is 27.6 Å². The van der Waals surface area contributed by atoms with Gasteiger partial charge in [-0.05, 0) is 47.3 Å². The highest BCUT2D eigenvalue weighted by Crippen LogP contribution is 2.30. The Morgan fingerprint density at radius 1 is 0.941 bits per heavy atom. The van der Waals surface area contributed by atoms with Crippen molar-refractivity contribution in [1.29, 1.82) is 0 Å². The number of H-pyrrole nitrogens is 1. The Morgan fingerprint density at radius 2 is 1.79 bits per heavy atom. The number of halogens is 2. The Bertz CT molecular complexity index is 1430. The van der Waals surface area contributed by atoms with Crippen LogP contribution in [-0.2, 0) is 6.54 Å². The summed E-state index contributed by atoms with van der Waals surface area (Å²) in [6.45, 7) is 3.72. The van der Waals surface area contributed by atoms with E-state index >= 15 is 0 Å². The molecule has 0 aliphatic carbocycles. The zero-order valence-electron chi connectivity index (χ0n) is 18.5. The van der Waals surface area contributed by atoms with Crippen molar-refractivity contribution < 1.29 is 4.79 Å². The van der Waals surface area contributed by atoms with Crippen molar-refractivity contribution in [2.24, 2.45) is 0 Å². The lowest BCUT2D eigenvalue weighted by atomic mass is 9.99. The number of nitrogens with one attached hydrogen (secondary N) is 3. The highest BCUT2D eigenvalue weighted by atomic mass is 35.5. The third-order valence-electron chi connectivity index (χ3n) is 5.52. The minimum absolute atomic E-state index is 0. The number of benzene rings is 3. The van der Waals surface area contributed by atoms with Crippen molar-refractivity contribution in [3.05, 3.63) is 90.4 Å². The first-order chi connectivity index (χ1) is 15.7. The number of pyridine rings is 1. The van der Waals surface area contributed by atoms with Crippen LogP contribution in [0.15, 0.2) is 79.1 Å². The molecule has 0 radical (unpaired) electrons. The predicted molar refractivity (Wildman–Crippen MR) is 143 cm³/mol. The summed E-state index contributed by atoms with van der Waals surface area (Å²) in [6, 6.07) is 22.0. The molecule has 0 atom stereocenters. The first-order valence-corrected chi connectivity index (χ1v) is 10.6. The van der Waals surface area contributed by atoms with Crippen LogP contribution in [0.2, 0.25) is 0 Å². The second-order valence-electron chi connectivity index (χ2n) is 7.68. The van der Waals surface area contributed by atoms with Gasteiger partial charge in [-0.25, -0.2) is 0 Å². The van der Waals surface area contributed by atoms with E-state index < -0.39 is 0 Å². The van der Waals surface area contributed by atoms with Gasteiger partial charge in [0.1, 0.15) is 0 Å². The molecule has 0 unspecified atom stereocenters. The van der Waals surface area contributed by atoms with Crippen molar-refractivity contribution in [2.45, 2.75) is 13.5 Å². The number of carbonyl (C=O) groups is 1. The predicted octanol–water partition coefficient (Wildman–Crippen LogP) is 5.98. The lowest BCUT2D eigenvalue weighted by molar-refractivity contribution is 0.102. The molecule has 5 rings (SSSR count). The van der Waals surface area contributed by atoms with Crippen LogP contribution in [0.1, 0.15) is 23.0 Å². The van der Waals surface area contributed by atoms with Gasteiger partial charge in [-0.2, -0.15) is 5.10 Å². The second-order valence-corrected chi connectivity index (χ2v) is 7.68. The molecule has 0 saturated heterocycles. The first kappa shape index (κ1) is 25.2. The van der Waals surface area contributed by atoms with Gasteiger partial charge in [0.25, 0.3) is 5.91 Å². The van der Waals surface area contributed by atoms with Gasteiger partial charge < -0.3 is 10.6 Å². The van der Waals surface area contributed by atoms with Crippen molar-refractivity contribution in [2.75, 3.05) is 11.9 Å². The number of aromatic nitrogens is 3. The van der Waals surface area contributed by atoms with Crippen LogP contribution in [0.4, 0.5) is 5.69 Å². The average Bonchev–Trinajstić information content (AvgIpc) is 3.26. The Hall–Kier alpha value is -3.45. The summed E-state index contributed by atoms with van der Waals surface area (Å²) in [7, 11) is 0. The molecule has 2 heterocycles. The summed E-state index contributed by atoms with van der Waals surface area (Å²) in [6.07, 6.45) is 3.72. The van der Waals surface area contributed by atoms with E-state index in [1.165, 1.54) is 0 Å². The van der Waals surface area contributed by atoms with Gasteiger partial charge in [0.05, 0.1) is 5.52 Å². The van der Waals surface area contributed by atoms with Crippen LogP contribution in [0, 0.1) is 0 Å². The molecule has 5 aromatic rings. The van der Waals surface area contributed by atoms with Crippen LogP contribution in [0.5, 0.6) is 0 Å². The fraction of sp³-hybridized carbons (Fsp3) is 0.115. The average molecular weight is 494 g/mol. The smallest absolute Gasteiger partial charge is 0.276 e. The van der Waals surface area contributed by atoms with Gasteiger partial charge in [0.2, 0.25) is 0 Å². The zero-order valence-corrected chi connectivity index (χ0v) is 20.2. The minimum Gasteiger partial charge on any atom is -0.321 e. The van der Waals surface area contributed by atoms with Gasteiger partial charge in [0, 0.05) is 41.0 Å². The van der Waals surface area contributed by atoms with Crippen LogP contribution >= 0.6 is 24.8 Å². The van der Waals surface area contributed by atoms with Crippen molar-refractivity contribution in [3.8, 4) is 11.1 Å². The van der Waals surface area contributed by atoms with Gasteiger partial charge in [-0.15, -0.1) is 24.8 Å². The molecule has 6 nitrogen and oxygen atoms in total. The highest BCUT2D eigenvalue weighted by Gasteiger charge is 2.16. The number of amides is 1. The third kappa shape index (κ3) is 5.04. The maximum atomic E-state index is 13.1. The molecule has 0 bridgehead atoms. The molecule has 34 heavy (non-hydrogen) atoms. The molecule has 0 spiro atoms.